The van der Waals surface area contributed by atoms with E-state index in [1.165, 1.54) is 6.92 Å². The first-order valence-corrected chi connectivity index (χ1v) is 10.4. The van der Waals surface area contributed by atoms with Crippen LogP contribution >= 0.6 is 0 Å². The van der Waals surface area contributed by atoms with Crippen molar-refractivity contribution in [2.24, 2.45) is 17.6 Å². The number of carboxylic acid groups (broad SMARTS) is 2. The molecule has 7 N–H and O–H groups in total. The van der Waals surface area contributed by atoms with Gasteiger partial charge in [0, 0.05) is 6.42 Å². The zero-order valence-electron chi connectivity index (χ0n) is 18.8. The van der Waals surface area contributed by atoms with Crippen molar-refractivity contribution in [3.05, 3.63) is 0 Å². The number of nitrogens with two attached hydrogens (primary N) is 1. The molecule has 0 saturated carbocycles. The fraction of sp³-hybridized carbons (Fsp3) is 0.750. The first-order valence-electron chi connectivity index (χ1n) is 10.4. The topological polar surface area (TPSA) is 188 Å². The Morgan fingerprint density at radius 1 is 0.871 bits per heavy atom. The number of nitrogens with one attached hydrogen (secondary N) is 3. The van der Waals surface area contributed by atoms with Gasteiger partial charge in [0.15, 0.2) is 0 Å². The molecule has 11 heteroatoms. The van der Waals surface area contributed by atoms with Gasteiger partial charge in [-0.25, -0.2) is 0 Å². The number of amides is 3. The van der Waals surface area contributed by atoms with E-state index in [-0.39, 0.29) is 31.1 Å². The minimum absolute atomic E-state index is 0.0224. The molecule has 0 aromatic carbocycles. The number of carbonyl (C=O) groups excluding carboxylic acids is 3. The average Bonchev–Trinajstić information content (AvgIpc) is 2.67. The summed E-state index contributed by atoms with van der Waals surface area (Å²) in [5, 5.41) is 25.2. The second-order valence-electron chi connectivity index (χ2n) is 8.17. The van der Waals surface area contributed by atoms with E-state index in [9.17, 15) is 24.0 Å². The molecule has 0 aliphatic heterocycles. The molecule has 5 unspecified atom stereocenters. The molecular weight excluding hydrogens is 408 g/mol. The van der Waals surface area contributed by atoms with E-state index in [1.807, 2.05) is 20.8 Å². The molecule has 0 aliphatic rings. The van der Waals surface area contributed by atoms with Crippen molar-refractivity contribution in [3.8, 4) is 0 Å². The molecule has 31 heavy (non-hydrogen) atoms. The monoisotopic (exact) mass is 444 g/mol. The minimum atomic E-state index is -1.21. The summed E-state index contributed by atoms with van der Waals surface area (Å²) in [5.74, 6) is -4.46. The Kier molecular flexibility index (Phi) is 12.4. The lowest BCUT2D eigenvalue weighted by Crippen LogP contribution is -2.58. The van der Waals surface area contributed by atoms with Crippen LogP contribution in [0.5, 0.6) is 0 Å². The van der Waals surface area contributed by atoms with Crippen molar-refractivity contribution in [2.45, 2.75) is 84.5 Å². The van der Waals surface area contributed by atoms with E-state index >= 15 is 0 Å². The second-order valence-corrected chi connectivity index (χ2v) is 8.17. The van der Waals surface area contributed by atoms with Crippen LogP contribution in [0.4, 0.5) is 0 Å². The standard InChI is InChI=1S/C20H36N4O7/c1-6-11(4)16(19(29)22-12(5)20(30)31)24-18(28)14(9-10(2)3)23-17(27)13(21)7-8-15(25)26/h10-14,16H,6-9,21H2,1-5H3,(H,22,29)(H,23,27)(H,24,28)(H,25,26)(H,30,31). The van der Waals surface area contributed by atoms with Gasteiger partial charge in [-0.15, -0.1) is 0 Å². The van der Waals surface area contributed by atoms with Crippen LogP contribution in [-0.2, 0) is 24.0 Å². The number of carboxylic acids is 2. The Bertz CT molecular complexity index is 653. The predicted octanol–water partition coefficient (Wildman–Crippen LogP) is -0.170. The summed E-state index contributed by atoms with van der Waals surface area (Å²) in [7, 11) is 0. The predicted molar refractivity (Wildman–Crippen MR) is 113 cm³/mol. The van der Waals surface area contributed by atoms with Gasteiger partial charge in [0.2, 0.25) is 17.7 Å². The summed E-state index contributed by atoms with van der Waals surface area (Å²) in [6.07, 6.45) is 0.445. The van der Waals surface area contributed by atoms with E-state index in [4.69, 9.17) is 15.9 Å². The SMILES string of the molecule is CCC(C)C(NC(=O)C(CC(C)C)NC(=O)C(N)CCC(=O)O)C(=O)NC(C)C(=O)O. The lowest BCUT2D eigenvalue weighted by atomic mass is 9.96. The van der Waals surface area contributed by atoms with Crippen LogP contribution in [0.1, 0.15) is 60.3 Å². The molecule has 0 heterocycles. The third-order valence-electron chi connectivity index (χ3n) is 4.87. The highest BCUT2D eigenvalue weighted by atomic mass is 16.4. The van der Waals surface area contributed by atoms with Gasteiger partial charge in [-0.3, -0.25) is 24.0 Å². The minimum Gasteiger partial charge on any atom is -0.481 e. The molecule has 0 spiro atoms. The molecule has 178 valence electrons. The highest BCUT2D eigenvalue weighted by molar-refractivity contribution is 5.94. The van der Waals surface area contributed by atoms with Gasteiger partial charge in [0.1, 0.15) is 18.1 Å². The van der Waals surface area contributed by atoms with Crippen LogP contribution in [0.2, 0.25) is 0 Å². The Balaban J connectivity index is 5.37. The van der Waals surface area contributed by atoms with Crippen molar-refractivity contribution < 1.29 is 34.2 Å². The molecule has 0 saturated heterocycles. The van der Waals surface area contributed by atoms with Gasteiger partial charge in [0.05, 0.1) is 6.04 Å². The Labute approximate surface area is 182 Å². The molecule has 0 radical (unpaired) electrons. The average molecular weight is 445 g/mol. The van der Waals surface area contributed by atoms with Gasteiger partial charge in [0.25, 0.3) is 0 Å². The lowest BCUT2D eigenvalue weighted by Gasteiger charge is -2.28. The molecule has 0 bridgehead atoms. The van der Waals surface area contributed by atoms with Crippen molar-refractivity contribution >= 4 is 29.7 Å². The second kappa shape index (κ2) is 13.6. The van der Waals surface area contributed by atoms with Crippen LogP contribution in [0, 0.1) is 11.8 Å². The number of rotatable bonds is 14. The third kappa shape index (κ3) is 10.8. The van der Waals surface area contributed by atoms with Crippen LogP contribution in [-0.4, -0.2) is 64.0 Å². The maximum Gasteiger partial charge on any atom is 0.325 e. The van der Waals surface area contributed by atoms with Gasteiger partial charge in [-0.2, -0.15) is 0 Å². The summed E-state index contributed by atoms with van der Waals surface area (Å²) in [5.41, 5.74) is 5.72. The van der Waals surface area contributed by atoms with Gasteiger partial charge < -0.3 is 31.9 Å². The van der Waals surface area contributed by atoms with Gasteiger partial charge in [-0.1, -0.05) is 34.1 Å². The summed E-state index contributed by atoms with van der Waals surface area (Å²) < 4.78 is 0. The van der Waals surface area contributed by atoms with Crippen LogP contribution < -0.4 is 21.7 Å². The number of hydrogen-bond acceptors (Lipinski definition) is 6. The summed E-state index contributed by atoms with van der Waals surface area (Å²) in [4.78, 5) is 59.5. The first-order chi connectivity index (χ1) is 14.3. The van der Waals surface area contributed by atoms with Crippen LogP contribution in [0.3, 0.4) is 0 Å². The van der Waals surface area contributed by atoms with E-state index in [0.29, 0.717) is 6.42 Å². The molecule has 0 aromatic heterocycles. The molecule has 0 aliphatic carbocycles. The highest BCUT2D eigenvalue weighted by Crippen LogP contribution is 2.11. The summed E-state index contributed by atoms with van der Waals surface area (Å²) >= 11 is 0. The van der Waals surface area contributed by atoms with Crippen molar-refractivity contribution in [3.63, 3.8) is 0 Å². The molecule has 0 fully saturated rings. The molecule has 0 rings (SSSR count). The highest BCUT2D eigenvalue weighted by Gasteiger charge is 2.32. The van der Waals surface area contributed by atoms with E-state index < -0.39 is 53.8 Å². The Morgan fingerprint density at radius 2 is 1.45 bits per heavy atom. The van der Waals surface area contributed by atoms with Crippen molar-refractivity contribution in [1.29, 1.82) is 0 Å². The van der Waals surface area contributed by atoms with Gasteiger partial charge >= 0.3 is 11.9 Å². The van der Waals surface area contributed by atoms with E-state index in [2.05, 4.69) is 16.0 Å². The van der Waals surface area contributed by atoms with Crippen LogP contribution in [0.15, 0.2) is 0 Å². The van der Waals surface area contributed by atoms with Crippen molar-refractivity contribution in [2.75, 3.05) is 0 Å². The third-order valence-corrected chi connectivity index (χ3v) is 4.87. The number of aliphatic carboxylic acids is 2. The quantitative estimate of drug-likeness (QED) is 0.213. The Hall–Kier alpha value is -2.69. The van der Waals surface area contributed by atoms with Gasteiger partial charge in [-0.05, 0) is 31.6 Å². The largest absolute Gasteiger partial charge is 0.481 e. The molecule has 5 atom stereocenters. The molecule has 3 amide bonds. The molecule has 0 aromatic rings. The normalized spacial score (nSPS) is 15.8. The fourth-order valence-corrected chi connectivity index (χ4v) is 2.71. The van der Waals surface area contributed by atoms with E-state index in [1.54, 1.807) is 6.92 Å². The maximum atomic E-state index is 12.9. The fourth-order valence-electron chi connectivity index (χ4n) is 2.71. The maximum absolute atomic E-state index is 12.9. The van der Waals surface area contributed by atoms with Crippen molar-refractivity contribution in [1.82, 2.24) is 16.0 Å². The number of carbonyl (C=O) groups is 5. The summed E-state index contributed by atoms with van der Waals surface area (Å²) in [6.45, 7) is 8.59. The lowest BCUT2D eigenvalue weighted by molar-refractivity contribution is -0.142. The molecular formula is C20H36N4O7. The zero-order chi connectivity index (χ0) is 24.3. The van der Waals surface area contributed by atoms with Crippen LogP contribution in [0.25, 0.3) is 0 Å². The first kappa shape index (κ1) is 28.3. The number of hydrogen-bond donors (Lipinski definition) is 6. The van der Waals surface area contributed by atoms with E-state index in [0.717, 1.165) is 0 Å². The zero-order valence-corrected chi connectivity index (χ0v) is 18.8. The Morgan fingerprint density at radius 3 is 1.90 bits per heavy atom. The smallest absolute Gasteiger partial charge is 0.325 e. The molecule has 11 nitrogen and oxygen atoms in total. The summed E-state index contributed by atoms with van der Waals surface area (Å²) in [6, 6.07) is -4.20.